The van der Waals surface area contributed by atoms with Crippen LogP contribution in [-0.4, -0.2) is 38.0 Å². The van der Waals surface area contributed by atoms with Crippen molar-refractivity contribution in [1.29, 1.82) is 0 Å². The first-order valence-corrected chi connectivity index (χ1v) is 9.38. The topological polar surface area (TPSA) is 93.7 Å². The van der Waals surface area contributed by atoms with Gasteiger partial charge in [0.25, 0.3) is 11.8 Å². The van der Waals surface area contributed by atoms with E-state index in [4.69, 9.17) is 21.1 Å². The number of anilines is 1. The highest BCUT2D eigenvalue weighted by atomic mass is 35.5. The van der Waals surface area contributed by atoms with Gasteiger partial charge in [0.15, 0.2) is 6.61 Å². The third-order valence-electron chi connectivity index (χ3n) is 3.57. The van der Waals surface area contributed by atoms with E-state index in [1.807, 2.05) is 0 Å². The molecule has 1 heterocycles. The Balaban J connectivity index is 2.18. The summed E-state index contributed by atoms with van der Waals surface area (Å²) >= 11 is 6.62. The molecule has 7 nitrogen and oxygen atoms in total. The van der Waals surface area contributed by atoms with Crippen LogP contribution in [0.15, 0.2) is 18.2 Å². The smallest absolute Gasteiger partial charge is 0.341 e. The van der Waals surface area contributed by atoms with Gasteiger partial charge in [0, 0.05) is 13.1 Å². The maximum absolute atomic E-state index is 13.2. The quantitative estimate of drug-likeness (QED) is 0.659. The first kappa shape index (κ1) is 21.6. The molecule has 2 aromatic rings. The number of hydrogen-bond acceptors (Lipinski definition) is 6. The largest absolute Gasteiger partial charge is 0.484 e. The summed E-state index contributed by atoms with van der Waals surface area (Å²) in [5.74, 6) is -2.00. The van der Waals surface area contributed by atoms with Crippen molar-refractivity contribution in [1.82, 2.24) is 5.32 Å². The average molecular weight is 429 g/mol. The van der Waals surface area contributed by atoms with Gasteiger partial charge in [-0.2, -0.15) is 0 Å². The van der Waals surface area contributed by atoms with Crippen LogP contribution >= 0.6 is 22.9 Å². The number of esters is 1. The Morgan fingerprint density at radius 1 is 1.29 bits per heavy atom. The molecule has 0 bridgehead atoms. The van der Waals surface area contributed by atoms with Crippen LogP contribution in [0.2, 0.25) is 5.02 Å². The van der Waals surface area contributed by atoms with Crippen molar-refractivity contribution in [3.8, 4) is 5.75 Å². The predicted molar refractivity (Wildman–Crippen MR) is 104 cm³/mol. The lowest BCUT2D eigenvalue weighted by Crippen LogP contribution is -2.21. The van der Waals surface area contributed by atoms with Gasteiger partial charge >= 0.3 is 5.97 Å². The first-order chi connectivity index (χ1) is 13.3. The number of amides is 2. The predicted octanol–water partition coefficient (Wildman–Crippen LogP) is 3.40. The second kappa shape index (κ2) is 9.52. The minimum atomic E-state index is -0.645. The van der Waals surface area contributed by atoms with Gasteiger partial charge in [-0.25, -0.2) is 9.18 Å². The second-order valence-corrected chi connectivity index (χ2v) is 6.90. The highest BCUT2D eigenvalue weighted by Gasteiger charge is 2.26. The Bertz CT molecular complexity index is 916. The van der Waals surface area contributed by atoms with Gasteiger partial charge in [0.1, 0.15) is 16.6 Å². The summed E-state index contributed by atoms with van der Waals surface area (Å²) in [6.45, 7) is 2.99. The fraction of sp³-hybridized carbons (Fsp3) is 0.278. The highest BCUT2D eigenvalue weighted by Crippen LogP contribution is 2.33. The van der Waals surface area contributed by atoms with Crippen LogP contribution in [-0.2, 0) is 9.53 Å². The first-order valence-electron chi connectivity index (χ1n) is 8.18. The Morgan fingerprint density at radius 3 is 2.61 bits per heavy atom. The lowest BCUT2D eigenvalue weighted by atomic mass is 10.1. The van der Waals surface area contributed by atoms with Gasteiger partial charge < -0.3 is 20.1 Å². The second-order valence-electron chi connectivity index (χ2n) is 5.47. The number of halogens is 2. The van der Waals surface area contributed by atoms with E-state index in [0.717, 1.165) is 17.4 Å². The Morgan fingerprint density at radius 2 is 2.00 bits per heavy atom. The van der Waals surface area contributed by atoms with Gasteiger partial charge in [-0.05, 0) is 31.5 Å². The molecule has 1 aromatic heterocycles. The molecule has 2 N–H and O–H groups in total. The van der Waals surface area contributed by atoms with Gasteiger partial charge in [-0.1, -0.05) is 11.6 Å². The van der Waals surface area contributed by atoms with E-state index in [-0.39, 0.29) is 38.7 Å². The number of hydrogen-bond donors (Lipinski definition) is 2. The van der Waals surface area contributed by atoms with Crippen molar-refractivity contribution >= 4 is 45.7 Å². The van der Waals surface area contributed by atoms with Gasteiger partial charge in [0.2, 0.25) is 0 Å². The lowest BCUT2D eigenvalue weighted by molar-refractivity contribution is -0.118. The number of rotatable bonds is 7. The minimum absolute atomic E-state index is 0.114. The third kappa shape index (κ3) is 4.99. The maximum atomic E-state index is 13.2. The molecule has 0 spiro atoms. The van der Waals surface area contributed by atoms with Crippen molar-refractivity contribution in [2.24, 2.45) is 0 Å². The number of ether oxygens (including phenoxy) is 2. The van der Waals surface area contributed by atoms with E-state index in [2.05, 4.69) is 10.6 Å². The molecule has 1 aromatic carbocycles. The Hall–Kier alpha value is -2.65. The third-order valence-corrected chi connectivity index (χ3v) is 5.07. The van der Waals surface area contributed by atoms with E-state index in [1.165, 1.54) is 19.2 Å². The number of benzene rings is 1. The molecule has 0 aliphatic heterocycles. The molecular weight excluding hydrogens is 411 g/mol. The maximum Gasteiger partial charge on any atom is 0.341 e. The molecule has 0 atom stereocenters. The van der Waals surface area contributed by atoms with Gasteiger partial charge in [-0.15, -0.1) is 11.3 Å². The number of thiophene rings is 1. The van der Waals surface area contributed by atoms with Crippen LogP contribution < -0.4 is 15.4 Å². The summed E-state index contributed by atoms with van der Waals surface area (Å²) in [6.07, 6.45) is 0. The standard InChI is InChI=1S/C18H18ClFN2O5S/c1-4-26-18(25)14-9(2)15(16(24)21-3)28-17(14)22-13(23)8-27-10-5-6-12(20)11(19)7-10/h5-7H,4,8H2,1-3H3,(H,21,24)(H,22,23). The zero-order chi connectivity index (χ0) is 20.8. The Labute approximate surface area is 169 Å². The van der Waals surface area contributed by atoms with Crippen molar-refractivity contribution < 1.29 is 28.2 Å². The van der Waals surface area contributed by atoms with E-state index in [0.29, 0.717) is 5.56 Å². The van der Waals surface area contributed by atoms with E-state index < -0.39 is 24.3 Å². The molecule has 0 aliphatic carbocycles. The number of carbonyl (C=O) groups is 3. The molecule has 0 unspecified atom stereocenters. The molecule has 0 saturated heterocycles. The van der Waals surface area contributed by atoms with Gasteiger partial charge in [-0.3, -0.25) is 9.59 Å². The fourth-order valence-electron chi connectivity index (χ4n) is 2.26. The van der Waals surface area contributed by atoms with E-state index >= 15 is 0 Å². The molecular formula is C18H18ClFN2O5S. The average Bonchev–Trinajstić information content (AvgIpc) is 2.98. The van der Waals surface area contributed by atoms with Crippen LogP contribution in [0, 0.1) is 12.7 Å². The molecule has 150 valence electrons. The van der Waals surface area contributed by atoms with E-state index in [1.54, 1.807) is 13.8 Å². The van der Waals surface area contributed by atoms with Gasteiger partial charge in [0.05, 0.1) is 22.1 Å². The molecule has 28 heavy (non-hydrogen) atoms. The zero-order valence-corrected chi connectivity index (χ0v) is 16.9. The van der Waals surface area contributed by atoms with Crippen LogP contribution in [0.5, 0.6) is 5.75 Å². The SMILES string of the molecule is CCOC(=O)c1c(NC(=O)COc2ccc(F)c(Cl)c2)sc(C(=O)NC)c1C. The molecule has 10 heteroatoms. The molecule has 0 aliphatic rings. The monoisotopic (exact) mass is 428 g/mol. The summed E-state index contributed by atoms with van der Waals surface area (Å²) in [5.41, 5.74) is 0.521. The normalized spacial score (nSPS) is 10.3. The lowest BCUT2D eigenvalue weighted by Gasteiger charge is -2.09. The molecule has 0 saturated carbocycles. The van der Waals surface area contributed by atoms with Crippen LogP contribution in [0.4, 0.5) is 9.39 Å². The fourth-order valence-corrected chi connectivity index (χ4v) is 3.59. The molecule has 2 amide bonds. The Kier molecular flexibility index (Phi) is 7.36. The van der Waals surface area contributed by atoms with E-state index in [9.17, 15) is 18.8 Å². The molecule has 2 rings (SSSR count). The highest BCUT2D eigenvalue weighted by molar-refractivity contribution is 7.18. The molecule has 0 radical (unpaired) electrons. The summed E-state index contributed by atoms with van der Waals surface area (Å²) in [5, 5.41) is 5.08. The minimum Gasteiger partial charge on any atom is -0.484 e. The number of nitrogens with one attached hydrogen (secondary N) is 2. The zero-order valence-electron chi connectivity index (χ0n) is 15.4. The summed E-state index contributed by atoms with van der Waals surface area (Å²) in [6, 6.07) is 3.69. The van der Waals surface area contributed by atoms with Crippen molar-refractivity contribution in [2.45, 2.75) is 13.8 Å². The summed E-state index contributed by atoms with van der Waals surface area (Å²) < 4.78 is 23.5. The van der Waals surface area contributed by atoms with Crippen molar-refractivity contribution in [2.75, 3.05) is 25.6 Å². The summed E-state index contributed by atoms with van der Waals surface area (Å²) in [4.78, 5) is 36.8. The van der Waals surface area contributed by atoms with Crippen LogP contribution in [0.3, 0.4) is 0 Å². The summed E-state index contributed by atoms with van der Waals surface area (Å²) in [7, 11) is 1.46. The molecule has 0 fully saturated rings. The van der Waals surface area contributed by atoms with Crippen LogP contribution in [0.25, 0.3) is 0 Å². The van der Waals surface area contributed by atoms with Crippen molar-refractivity contribution in [3.05, 3.63) is 45.0 Å². The van der Waals surface area contributed by atoms with Crippen LogP contribution in [0.1, 0.15) is 32.5 Å². The van der Waals surface area contributed by atoms with Crippen molar-refractivity contribution in [3.63, 3.8) is 0 Å². The number of carbonyl (C=O) groups excluding carboxylic acids is 3.